The highest BCUT2D eigenvalue weighted by Gasteiger charge is 2.36. The Morgan fingerprint density at radius 1 is 1.10 bits per heavy atom. The maximum atomic E-state index is 13.5. The van der Waals surface area contributed by atoms with Crippen LogP contribution in [0, 0.1) is 0 Å². The summed E-state index contributed by atoms with van der Waals surface area (Å²) in [7, 11) is 0. The van der Waals surface area contributed by atoms with Gasteiger partial charge in [0.1, 0.15) is 5.60 Å². The predicted octanol–water partition coefficient (Wildman–Crippen LogP) is 5.06. The lowest BCUT2D eigenvalue weighted by Crippen LogP contribution is -2.35. The van der Waals surface area contributed by atoms with Gasteiger partial charge in [-0.25, -0.2) is 4.79 Å². The van der Waals surface area contributed by atoms with Crippen LogP contribution in [0.3, 0.4) is 0 Å². The quantitative estimate of drug-likeness (QED) is 0.245. The van der Waals surface area contributed by atoms with E-state index in [1.54, 1.807) is 37.8 Å². The Morgan fingerprint density at radius 2 is 1.79 bits per heavy atom. The van der Waals surface area contributed by atoms with Gasteiger partial charge < -0.3 is 31.3 Å². The van der Waals surface area contributed by atoms with E-state index in [1.165, 1.54) is 12.1 Å². The number of amides is 2. The molecular weight excluding hydrogens is 511 g/mol. The zero-order chi connectivity index (χ0) is 28.8. The first kappa shape index (κ1) is 29.8. The molecule has 0 aliphatic carbocycles. The van der Waals surface area contributed by atoms with E-state index in [-0.39, 0.29) is 18.1 Å². The highest BCUT2D eigenvalue weighted by Crippen LogP contribution is 2.34. The molecule has 0 aromatic heterocycles. The Kier molecular flexibility index (Phi) is 9.49. The molecule has 1 aliphatic rings. The van der Waals surface area contributed by atoms with E-state index in [4.69, 9.17) is 10.5 Å². The molecule has 0 unspecified atom stereocenters. The topological polar surface area (TPSA) is 109 Å². The number of nitrogen functional groups attached to an aromatic ring is 1. The molecule has 2 amide bonds. The van der Waals surface area contributed by atoms with Crippen LogP contribution in [-0.4, -0.2) is 48.7 Å². The first-order valence-electron chi connectivity index (χ1n) is 12.8. The zero-order valence-electron chi connectivity index (χ0n) is 22.6. The molecule has 8 nitrogen and oxygen atoms in total. The number of alkyl halides is 3. The van der Waals surface area contributed by atoms with E-state index in [0.717, 1.165) is 17.7 Å². The number of carbonyl (C=O) groups is 2. The van der Waals surface area contributed by atoms with Gasteiger partial charge in [-0.3, -0.25) is 4.79 Å². The Hall–Kier alpha value is -3.73. The molecule has 1 aliphatic heterocycles. The number of likely N-dealkylation sites (N-methyl/N-ethyl adjacent to an activating group) is 1. The fraction of sp³-hybridized carbons (Fsp3) is 0.429. The normalized spacial score (nSPS) is 14.9. The molecule has 212 valence electrons. The number of hydrogen-bond acceptors (Lipinski definition) is 6. The Bertz CT molecular complexity index is 1190. The van der Waals surface area contributed by atoms with E-state index in [9.17, 15) is 22.8 Å². The van der Waals surface area contributed by atoms with Gasteiger partial charge in [0.25, 0.3) is 5.91 Å². The Balaban J connectivity index is 1.85. The first-order valence-corrected chi connectivity index (χ1v) is 12.8. The van der Waals surface area contributed by atoms with Gasteiger partial charge in [-0.15, -0.1) is 0 Å². The van der Waals surface area contributed by atoms with Gasteiger partial charge in [0.05, 0.1) is 23.7 Å². The summed E-state index contributed by atoms with van der Waals surface area (Å²) in [5.41, 5.74) is 6.99. The molecule has 0 saturated heterocycles. The summed E-state index contributed by atoms with van der Waals surface area (Å²) in [6.45, 7) is 8.63. The van der Waals surface area contributed by atoms with Gasteiger partial charge in [0, 0.05) is 30.2 Å². The van der Waals surface area contributed by atoms with Crippen LogP contribution >= 0.6 is 0 Å². The van der Waals surface area contributed by atoms with Crippen molar-refractivity contribution < 1.29 is 27.5 Å². The number of hydrogen-bond donors (Lipinski definition) is 4. The molecule has 1 atom stereocenters. The number of rotatable bonds is 10. The minimum atomic E-state index is -4.49. The number of halogens is 3. The van der Waals surface area contributed by atoms with Crippen molar-refractivity contribution in [3.8, 4) is 0 Å². The smallest absolute Gasteiger partial charge is 0.416 e. The summed E-state index contributed by atoms with van der Waals surface area (Å²) in [4.78, 5) is 27.0. The van der Waals surface area contributed by atoms with Gasteiger partial charge in [-0.1, -0.05) is 18.2 Å². The second-order valence-corrected chi connectivity index (χ2v) is 10.3. The number of benzene rings is 2. The lowest BCUT2D eigenvalue weighted by atomic mass is 9.96. The molecule has 2 aromatic rings. The van der Waals surface area contributed by atoms with Crippen molar-refractivity contribution in [1.82, 2.24) is 15.5 Å². The van der Waals surface area contributed by atoms with Crippen LogP contribution in [0.2, 0.25) is 0 Å². The third-order valence-electron chi connectivity index (χ3n) is 5.99. The van der Waals surface area contributed by atoms with E-state index in [1.807, 2.05) is 19.1 Å². The summed E-state index contributed by atoms with van der Waals surface area (Å²) in [6, 6.07) is 11.4. The maximum absolute atomic E-state index is 13.5. The van der Waals surface area contributed by atoms with Crippen molar-refractivity contribution in [3.63, 3.8) is 0 Å². The fourth-order valence-corrected chi connectivity index (χ4v) is 4.17. The van der Waals surface area contributed by atoms with Crippen molar-refractivity contribution in [1.29, 1.82) is 0 Å². The molecule has 0 spiro atoms. The maximum Gasteiger partial charge on any atom is 0.416 e. The molecule has 3 rings (SSSR count). The fourth-order valence-electron chi connectivity index (χ4n) is 4.17. The molecule has 2 aromatic carbocycles. The number of ether oxygens (including phenoxy) is 1. The third kappa shape index (κ3) is 8.38. The summed E-state index contributed by atoms with van der Waals surface area (Å²) in [5.74, 6) is -0.215. The standard InChI is InChI=1S/C28H36F3N5O3/c1-5-36-17-22(35-21-9-6-8-19(16-21)28(29,30)31)23(25(36)37)24(18-10-12-20(32)13-11-18)33-14-7-15-34-26(38)39-27(2,3)4/h6,8-13,16,24,33,35H,5,7,14-15,17,32H2,1-4H3,(H,34,38)/t24-/m1/s1. The van der Waals surface area contributed by atoms with Crippen LogP contribution in [0.25, 0.3) is 0 Å². The monoisotopic (exact) mass is 547 g/mol. The number of nitrogens with two attached hydrogens (primary N) is 1. The third-order valence-corrected chi connectivity index (χ3v) is 5.99. The molecule has 0 radical (unpaired) electrons. The number of alkyl carbamates (subject to hydrolysis) is 1. The van der Waals surface area contributed by atoms with Gasteiger partial charge in [-0.2, -0.15) is 13.2 Å². The van der Waals surface area contributed by atoms with Gasteiger partial charge in [0.2, 0.25) is 0 Å². The van der Waals surface area contributed by atoms with E-state index in [0.29, 0.717) is 43.0 Å². The molecule has 11 heteroatoms. The van der Waals surface area contributed by atoms with Crippen LogP contribution in [0.5, 0.6) is 0 Å². The number of carbonyl (C=O) groups excluding carboxylic acids is 2. The van der Waals surface area contributed by atoms with Crippen LogP contribution in [0.4, 0.5) is 29.3 Å². The molecule has 0 bridgehead atoms. The number of nitrogens with zero attached hydrogens (tertiary/aromatic N) is 1. The predicted molar refractivity (Wildman–Crippen MR) is 145 cm³/mol. The van der Waals surface area contributed by atoms with E-state index >= 15 is 0 Å². The van der Waals surface area contributed by atoms with Crippen molar-refractivity contribution in [2.45, 2.75) is 51.9 Å². The average molecular weight is 548 g/mol. The number of nitrogens with one attached hydrogen (secondary N) is 3. The molecule has 5 N–H and O–H groups in total. The Labute approximate surface area is 226 Å². The van der Waals surface area contributed by atoms with Gasteiger partial charge in [0.15, 0.2) is 0 Å². The van der Waals surface area contributed by atoms with Crippen LogP contribution < -0.4 is 21.7 Å². The lowest BCUT2D eigenvalue weighted by molar-refractivity contribution is -0.137. The van der Waals surface area contributed by atoms with Crippen LogP contribution in [0.1, 0.15) is 51.3 Å². The highest BCUT2D eigenvalue weighted by molar-refractivity contribution is 5.99. The van der Waals surface area contributed by atoms with E-state index in [2.05, 4.69) is 16.0 Å². The molecule has 39 heavy (non-hydrogen) atoms. The summed E-state index contributed by atoms with van der Waals surface area (Å²) < 4.78 is 45.1. The minimum Gasteiger partial charge on any atom is -0.444 e. The second kappa shape index (κ2) is 12.4. The van der Waals surface area contributed by atoms with Crippen molar-refractivity contribution >= 4 is 23.4 Å². The largest absolute Gasteiger partial charge is 0.444 e. The van der Waals surface area contributed by atoms with Crippen LogP contribution in [-0.2, 0) is 15.7 Å². The number of anilines is 2. The van der Waals surface area contributed by atoms with Crippen molar-refractivity contribution in [2.75, 3.05) is 37.2 Å². The highest BCUT2D eigenvalue weighted by atomic mass is 19.4. The first-order chi connectivity index (χ1) is 18.3. The van der Waals surface area contributed by atoms with E-state index < -0.39 is 29.5 Å². The summed E-state index contributed by atoms with van der Waals surface area (Å²) in [5, 5.41) is 9.17. The second-order valence-electron chi connectivity index (χ2n) is 10.3. The lowest BCUT2D eigenvalue weighted by Gasteiger charge is -2.23. The zero-order valence-corrected chi connectivity index (χ0v) is 22.6. The Morgan fingerprint density at radius 3 is 2.41 bits per heavy atom. The van der Waals surface area contributed by atoms with Gasteiger partial charge >= 0.3 is 12.3 Å². The average Bonchev–Trinajstić information content (AvgIpc) is 3.15. The van der Waals surface area contributed by atoms with Crippen molar-refractivity contribution in [2.24, 2.45) is 0 Å². The van der Waals surface area contributed by atoms with Crippen LogP contribution in [0.15, 0.2) is 59.8 Å². The minimum absolute atomic E-state index is 0.215. The molecular formula is C28H36F3N5O3. The summed E-state index contributed by atoms with van der Waals surface area (Å²) >= 11 is 0. The molecule has 1 heterocycles. The van der Waals surface area contributed by atoms with Crippen molar-refractivity contribution in [3.05, 3.63) is 70.9 Å². The molecule has 0 fully saturated rings. The molecule has 0 saturated carbocycles. The van der Waals surface area contributed by atoms with Gasteiger partial charge in [-0.05, 0) is 76.6 Å². The summed E-state index contributed by atoms with van der Waals surface area (Å²) in [6.07, 6.45) is -4.46. The SMILES string of the molecule is CCN1CC(Nc2cccc(C(F)(F)F)c2)=C([C@H](NCCCNC(=O)OC(C)(C)C)c2ccc(N)cc2)C1=O.